The lowest BCUT2D eigenvalue weighted by Crippen LogP contribution is -2.58. The summed E-state index contributed by atoms with van der Waals surface area (Å²) in [5, 5.41) is 105. The van der Waals surface area contributed by atoms with Crippen LogP contribution in [0.15, 0.2) is 71.9 Å². The number of fused-ring (bicyclic) bond motifs is 4. The van der Waals surface area contributed by atoms with Crippen molar-refractivity contribution in [3.63, 3.8) is 0 Å². The lowest BCUT2D eigenvalue weighted by Gasteiger charge is -2.42. The van der Waals surface area contributed by atoms with Crippen LogP contribution in [-0.4, -0.2) is 330 Å². The van der Waals surface area contributed by atoms with Gasteiger partial charge in [0.25, 0.3) is 0 Å². The van der Waals surface area contributed by atoms with Crippen molar-refractivity contribution in [3.05, 3.63) is 71.9 Å². The third-order valence-electron chi connectivity index (χ3n) is 26.5. The Morgan fingerprint density at radius 1 is 0.460 bits per heavy atom. The fraction of sp³-hybridized carbons (Fsp3) is 0.839. The molecule has 37 atom stereocenters. The van der Waals surface area contributed by atoms with Crippen LogP contribution in [0.5, 0.6) is 0 Å². The quantitative estimate of drug-likeness (QED) is 0.0213. The Hall–Kier alpha value is -4.15. The molecule has 0 saturated carbocycles. The SMILES string of the molecule is CO[C@H]1C[C@H](CC[C@H](C)[C@H](O)[C@H](C)[C@@H]2C[C@H](O)C[C@H](O)[C@H](C)[C@@H](OC)C[C@@H]3CC=C[C@@H](C[C@@H](O[C@H]4OC[C@H](OC)[C@@H](OC)[C@@H]4O)CC=C(C)/C=C/C(=O)O[C@H]([C@@H](C)[C@@H](O)[C@@H](C)CC[C@H]4C[C@H](OC)C[C@H](C)O4)C[C@H](O)C[C@H](O)[C@H](C)[C@@H](OC)C[C@@H]4CC=C[C@@H](C[C@@H](O[C@H]5OC[C@H](OC)[C@@H](OC)[C@@H]5OC(=O)[C@H](O)CO)C/C=C(C)/C=C\C(=O)O2)O4)O3)O[C@@H](C)C1. The number of allylic oxidation sites excluding steroid dienone is 4. The first-order valence-corrected chi connectivity index (χ1v) is 45.2. The number of rotatable bonds is 27. The van der Waals surface area contributed by atoms with Crippen LogP contribution in [0.4, 0.5) is 0 Å². The van der Waals surface area contributed by atoms with E-state index in [1.807, 2.05) is 84.9 Å². The number of methoxy groups -OCH3 is 8. The van der Waals surface area contributed by atoms with Crippen molar-refractivity contribution in [2.75, 3.05) is 76.7 Å². The van der Waals surface area contributed by atoms with E-state index in [-0.39, 0.29) is 113 Å². The number of aliphatic hydroxyl groups is 9. The second-order valence-electron chi connectivity index (χ2n) is 36.1. The summed E-state index contributed by atoms with van der Waals surface area (Å²) in [5.41, 5.74) is 1.23. The summed E-state index contributed by atoms with van der Waals surface area (Å²) in [6.07, 6.45) is 0.924. The second kappa shape index (κ2) is 54.6. The van der Waals surface area contributed by atoms with E-state index in [1.54, 1.807) is 54.3 Å². The molecule has 31 nitrogen and oxygen atoms in total. The van der Waals surface area contributed by atoms with Gasteiger partial charge >= 0.3 is 17.9 Å². The summed E-state index contributed by atoms with van der Waals surface area (Å²) in [5.74, 6) is -5.84. The van der Waals surface area contributed by atoms with Gasteiger partial charge in [-0.25, -0.2) is 14.4 Å². The molecule has 714 valence electrons. The number of aliphatic hydroxyl groups excluding tert-OH is 9. The molecule has 7 heterocycles. The lowest BCUT2D eigenvalue weighted by molar-refractivity contribution is -0.296. The molecule has 4 fully saturated rings. The molecule has 7 aliphatic rings. The van der Waals surface area contributed by atoms with Crippen molar-refractivity contribution in [2.45, 2.75) is 387 Å². The van der Waals surface area contributed by atoms with Crippen LogP contribution in [0.1, 0.15) is 198 Å². The smallest absolute Gasteiger partial charge is 0.337 e. The highest BCUT2D eigenvalue weighted by molar-refractivity contribution is 5.83. The first-order valence-electron chi connectivity index (χ1n) is 45.2. The van der Waals surface area contributed by atoms with Gasteiger partial charge in [0.05, 0.1) is 142 Å². The van der Waals surface area contributed by atoms with Crippen LogP contribution in [0.2, 0.25) is 0 Å². The van der Waals surface area contributed by atoms with Gasteiger partial charge in [0.15, 0.2) is 24.8 Å². The summed E-state index contributed by atoms with van der Waals surface area (Å²) < 4.78 is 117. The summed E-state index contributed by atoms with van der Waals surface area (Å²) in [7, 11) is 12.3. The lowest BCUT2D eigenvalue weighted by atomic mass is 9.83. The van der Waals surface area contributed by atoms with Crippen LogP contribution in [0, 0.1) is 35.5 Å². The molecule has 4 saturated heterocycles. The monoisotopic (exact) mass is 1770 g/mol. The zero-order chi connectivity index (χ0) is 91.0. The van der Waals surface area contributed by atoms with Crippen LogP contribution >= 0.6 is 0 Å². The van der Waals surface area contributed by atoms with Gasteiger partial charge in [0.1, 0.15) is 42.7 Å². The molecule has 7 rings (SSSR count). The van der Waals surface area contributed by atoms with E-state index in [2.05, 4.69) is 0 Å². The average molecular weight is 1770 g/mol. The van der Waals surface area contributed by atoms with Crippen LogP contribution in [0.25, 0.3) is 0 Å². The third kappa shape index (κ3) is 33.9. The van der Waals surface area contributed by atoms with Gasteiger partial charge in [-0.3, -0.25) is 0 Å². The van der Waals surface area contributed by atoms with Crippen molar-refractivity contribution in [2.24, 2.45) is 35.5 Å². The van der Waals surface area contributed by atoms with E-state index in [9.17, 15) is 60.3 Å². The van der Waals surface area contributed by atoms with Crippen LogP contribution in [-0.2, 0) is 104 Å². The zero-order valence-electron chi connectivity index (χ0n) is 76.9. The number of carbonyl (C=O) groups excluding carboxylic acids is 3. The Morgan fingerprint density at radius 2 is 0.871 bits per heavy atom. The minimum atomic E-state index is -1.89. The molecule has 4 bridgehead atoms. The first kappa shape index (κ1) is 107. The van der Waals surface area contributed by atoms with E-state index < -0.39 is 201 Å². The maximum absolute atomic E-state index is 14.4. The molecule has 0 amide bonds. The maximum atomic E-state index is 14.4. The number of carbonyl (C=O) groups is 3. The second-order valence-corrected chi connectivity index (χ2v) is 36.1. The van der Waals surface area contributed by atoms with Crippen LogP contribution in [0.3, 0.4) is 0 Å². The molecule has 0 radical (unpaired) electrons. The predicted octanol–water partition coefficient (Wildman–Crippen LogP) is 8.06. The summed E-state index contributed by atoms with van der Waals surface area (Å²) in [4.78, 5) is 41.9. The molecular weight excluding hydrogens is 1610 g/mol. The van der Waals surface area contributed by atoms with Crippen LogP contribution < -0.4 is 0 Å². The molecule has 0 spiro atoms. The Labute approximate surface area is 736 Å². The van der Waals surface area contributed by atoms with E-state index in [0.717, 1.165) is 19.3 Å². The molecule has 0 aromatic carbocycles. The van der Waals surface area contributed by atoms with Crippen molar-refractivity contribution < 1.29 is 150 Å². The van der Waals surface area contributed by atoms with Crippen molar-refractivity contribution in [3.8, 4) is 0 Å². The topological polar surface area (TPSA) is 409 Å². The standard InChI is InChI=1S/C93H156O31/c1-52-25-31-70(120-92-87(104)88(112-17)81(110-15)50-114-92)43-64-21-19-23-66(118-64)47-77(108-13)58(7)74(97)39-62(95)42-80(61(10)86(103)55(4)30-34-69-46-73(107-12)38-57(6)117-69)123-84(101)36-28-53(2)26-32-71(121-93-90(124-91(105)76(99)49-94)89(113-18)82(111-16)51-115-93)44-65-22-20-24-67(119-65)48-78(109-14)59(8)75(98)40-63(96)41-79(122-83(100)35-27-52)60(9)85(102)54(3)29-33-68-45-72(106-11)37-56(5)116-68/h19-22,25-28,35-36,54-82,85-90,92-99,102-104H,23-24,29-34,37-51H2,1-18H3/b35-27+,36-28-,52-25?,53-26+/t54-,55-,56-,57-,58-,59-,60+,61+,62+,63+,64-,65-,66-,67-,68-,69-,70-,71-,72+,73+,74-,75-,76+,77-,78-,79-,80-,81-,82-,85-,86-,87-,88+,89+,90-,92+,93+/m0/s1. The van der Waals surface area contributed by atoms with E-state index >= 15 is 0 Å². The Kier molecular flexibility index (Phi) is 47.1. The summed E-state index contributed by atoms with van der Waals surface area (Å²) in [6, 6.07) is 0. The normalized spacial score (nSPS) is 39.8. The summed E-state index contributed by atoms with van der Waals surface area (Å²) in [6.45, 7) is 17.8. The van der Waals surface area contributed by atoms with Gasteiger partial charge in [-0.2, -0.15) is 0 Å². The van der Waals surface area contributed by atoms with Gasteiger partial charge in [-0.1, -0.05) is 101 Å². The number of cyclic esters (lactones) is 2. The molecule has 31 heteroatoms. The number of hydrogen-bond donors (Lipinski definition) is 9. The van der Waals surface area contributed by atoms with Gasteiger partial charge < -0.3 is 136 Å². The molecule has 7 aliphatic heterocycles. The Morgan fingerprint density at radius 3 is 1.27 bits per heavy atom. The Balaban J connectivity index is 1.21. The fourth-order valence-electron chi connectivity index (χ4n) is 18.4. The highest BCUT2D eigenvalue weighted by atomic mass is 16.7. The van der Waals surface area contributed by atoms with E-state index in [4.69, 9.17) is 90.0 Å². The molecule has 0 aliphatic carbocycles. The molecular formula is C93H156O31. The number of hydrogen-bond acceptors (Lipinski definition) is 31. The highest BCUT2D eigenvalue weighted by Crippen LogP contribution is 2.38. The largest absolute Gasteiger partial charge is 0.459 e. The number of ether oxygens (including phenoxy) is 19. The van der Waals surface area contributed by atoms with Gasteiger partial charge in [0.2, 0.25) is 0 Å². The summed E-state index contributed by atoms with van der Waals surface area (Å²) >= 11 is 0. The number of esters is 3. The molecule has 9 N–H and O–H groups in total. The van der Waals surface area contributed by atoms with Crippen molar-refractivity contribution >= 4 is 17.9 Å². The van der Waals surface area contributed by atoms with E-state index in [1.165, 1.54) is 47.7 Å². The van der Waals surface area contributed by atoms with Crippen molar-refractivity contribution in [1.82, 2.24) is 0 Å². The zero-order valence-corrected chi connectivity index (χ0v) is 76.9. The maximum Gasteiger partial charge on any atom is 0.337 e. The molecule has 0 unspecified atom stereocenters. The molecule has 0 aromatic rings. The predicted molar refractivity (Wildman–Crippen MR) is 458 cm³/mol. The first-order chi connectivity index (χ1) is 59.1. The third-order valence-corrected chi connectivity index (χ3v) is 26.5. The highest BCUT2D eigenvalue weighted by Gasteiger charge is 2.48. The average Bonchev–Trinajstić information content (AvgIpc) is 0.807. The Bertz CT molecular complexity index is 3250. The van der Waals surface area contributed by atoms with Gasteiger partial charge in [-0.05, 0) is 129 Å². The molecule has 124 heavy (non-hydrogen) atoms. The van der Waals surface area contributed by atoms with Crippen molar-refractivity contribution in [1.29, 1.82) is 0 Å². The van der Waals surface area contributed by atoms with Gasteiger partial charge in [0, 0.05) is 131 Å². The molecule has 0 aromatic heterocycles. The van der Waals surface area contributed by atoms with Gasteiger partial charge in [-0.15, -0.1) is 0 Å². The minimum absolute atomic E-state index is 0.000978. The van der Waals surface area contributed by atoms with E-state index in [0.29, 0.717) is 68.9 Å². The fourth-order valence-corrected chi connectivity index (χ4v) is 18.4. The minimum Gasteiger partial charge on any atom is -0.459 e.